The molecular formula is C22H22F3NO3S. The van der Waals surface area contributed by atoms with Crippen molar-refractivity contribution >= 4 is 23.1 Å². The summed E-state index contributed by atoms with van der Waals surface area (Å²) in [6, 6.07) is 7.10. The second-order valence-electron chi connectivity index (χ2n) is 7.23. The van der Waals surface area contributed by atoms with Crippen molar-refractivity contribution < 1.29 is 28.2 Å². The minimum Gasteiger partial charge on any atom is -0.512 e. The van der Waals surface area contributed by atoms with Crippen molar-refractivity contribution in [2.45, 2.75) is 43.8 Å². The molecular weight excluding hydrogens is 415 g/mol. The maximum atomic E-state index is 12.7. The lowest BCUT2D eigenvalue weighted by molar-refractivity contribution is -0.137. The Morgan fingerprint density at radius 2 is 1.93 bits per heavy atom. The van der Waals surface area contributed by atoms with Gasteiger partial charge in [0.2, 0.25) is 0 Å². The van der Waals surface area contributed by atoms with Crippen molar-refractivity contribution in [3.8, 4) is 5.75 Å². The molecule has 1 aliphatic rings. The van der Waals surface area contributed by atoms with Gasteiger partial charge in [-0.3, -0.25) is 4.79 Å². The zero-order valence-corrected chi connectivity index (χ0v) is 17.2. The first kappa shape index (κ1) is 22.2. The lowest BCUT2D eigenvalue weighted by Gasteiger charge is -2.24. The molecule has 4 nitrogen and oxygen atoms in total. The van der Waals surface area contributed by atoms with Gasteiger partial charge in [0.05, 0.1) is 16.2 Å². The van der Waals surface area contributed by atoms with Gasteiger partial charge in [-0.1, -0.05) is 13.0 Å². The third-order valence-corrected chi connectivity index (χ3v) is 6.08. The van der Waals surface area contributed by atoms with Gasteiger partial charge < -0.3 is 10.2 Å². The minimum atomic E-state index is -4.41. The number of alkyl halides is 3. The van der Waals surface area contributed by atoms with Crippen molar-refractivity contribution in [2.24, 2.45) is 5.92 Å². The molecule has 0 fully saturated rings. The average Bonchev–Trinajstić information content (AvgIpc) is 2.68. The second kappa shape index (κ2) is 9.12. The zero-order chi connectivity index (χ0) is 21.9. The summed E-state index contributed by atoms with van der Waals surface area (Å²) in [5.41, 5.74) is 0.986. The molecule has 1 heterocycles. The number of aliphatic hydroxyl groups is 1. The lowest BCUT2D eigenvalue weighted by atomic mass is 9.81. The summed E-state index contributed by atoms with van der Waals surface area (Å²) in [7, 11) is 0. The number of aromatic hydroxyl groups is 1. The van der Waals surface area contributed by atoms with Crippen LogP contribution in [0.15, 0.2) is 47.3 Å². The molecule has 1 unspecified atom stereocenters. The number of benzene rings is 1. The smallest absolute Gasteiger partial charge is 0.417 e. The summed E-state index contributed by atoms with van der Waals surface area (Å²) in [6.07, 6.45) is -1.68. The van der Waals surface area contributed by atoms with Crippen molar-refractivity contribution in [1.29, 1.82) is 0 Å². The number of nitrogens with zero attached hydrogens (tertiary/aromatic N) is 1. The zero-order valence-electron chi connectivity index (χ0n) is 16.4. The monoisotopic (exact) mass is 437 g/mol. The summed E-state index contributed by atoms with van der Waals surface area (Å²) in [5, 5.41) is 20.7. The van der Waals surface area contributed by atoms with Crippen LogP contribution in [0.2, 0.25) is 0 Å². The van der Waals surface area contributed by atoms with Gasteiger partial charge in [0.15, 0.2) is 5.78 Å². The molecule has 0 radical (unpaired) electrons. The number of aromatic nitrogens is 1. The highest BCUT2D eigenvalue weighted by Gasteiger charge is 2.31. The molecule has 30 heavy (non-hydrogen) atoms. The van der Waals surface area contributed by atoms with Crippen LogP contribution in [0.25, 0.3) is 5.57 Å². The van der Waals surface area contributed by atoms with Crippen molar-refractivity contribution in [3.05, 3.63) is 59.0 Å². The minimum absolute atomic E-state index is 0.0367. The molecule has 0 spiro atoms. The fourth-order valence-corrected chi connectivity index (χ4v) is 4.51. The first-order valence-corrected chi connectivity index (χ1v) is 10.6. The predicted octanol–water partition coefficient (Wildman–Crippen LogP) is 5.80. The lowest BCUT2D eigenvalue weighted by Crippen LogP contribution is -2.20. The van der Waals surface area contributed by atoms with Gasteiger partial charge in [-0.2, -0.15) is 13.2 Å². The molecule has 0 saturated carbocycles. The number of allylic oxidation sites excluding steroid dienone is 2. The number of thioether (sulfide) groups is 1. The Bertz CT molecular complexity index is 955. The standard InChI is InChI=1S/C22H22F3NO3S/c1-2-14-11-16(27)4-5-17(14)21-18(28)9-13(10-19(21)29)7-8-30-20-6-3-15(12-26-20)22(23,24)25/h3-6,11-13,27-28H,2,7-10H2,1H3. The molecule has 1 aromatic heterocycles. The van der Waals surface area contributed by atoms with Crippen LogP contribution in [0.3, 0.4) is 0 Å². The molecule has 3 rings (SSSR count). The number of phenolic OH excluding ortho intramolecular Hbond substituents is 1. The van der Waals surface area contributed by atoms with Crippen LogP contribution in [-0.2, 0) is 17.4 Å². The van der Waals surface area contributed by atoms with Crippen LogP contribution in [-0.4, -0.2) is 26.7 Å². The van der Waals surface area contributed by atoms with Crippen LogP contribution in [0.1, 0.15) is 42.9 Å². The molecule has 0 saturated heterocycles. The first-order valence-electron chi connectivity index (χ1n) is 9.62. The number of carbonyl (C=O) groups is 1. The first-order chi connectivity index (χ1) is 14.2. The number of aliphatic hydroxyl groups excluding tert-OH is 1. The summed E-state index contributed by atoms with van der Waals surface area (Å²) in [4.78, 5) is 16.6. The van der Waals surface area contributed by atoms with Gasteiger partial charge in [0.25, 0.3) is 0 Å². The number of ketones is 1. The highest BCUT2D eigenvalue weighted by molar-refractivity contribution is 7.99. The average molecular weight is 437 g/mol. The SMILES string of the molecule is CCc1cc(O)ccc1C1=C(O)CC(CCSc2ccc(C(F)(F)F)cn2)CC1=O. The molecule has 1 aromatic carbocycles. The van der Waals surface area contributed by atoms with Gasteiger partial charge in [-0.25, -0.2) is 4.98 Å². The van der Waals surface area contributed by atoms with Crippen LogP contribution >= 0.6 is 11.8 Å². The summed E-state index contributed by atoms with van der Waals surface area (Å²) >= 11 is 1.33. The highest BCUT2D eigenvalue weighted by Crippen LogP contribution is 2.37. The molecule has 1 aliphatic carbocycles. The summed E-state index contributed by atoms with van der Waals surface area (Å²) in [6.45, 7) is 1.92. The van der Waals surface area contributed by atoms with Gasteiger partial charge in [0.1, 0.15) is 11.5 Å². The normalized spacial score (nSPS) is 17.5. The second-order valence-corrected chi connectivity index (χ2v) is 8.35. The molecule has 8 heteroatoms. The van der Waals surface area contributed by atoms with E-state index in [2.05, 4.69) is 4.98 Å². The van der Waals surface area contributed by atoms with E-state index in [-0.39, 0.29) is 23.2 Å². The predicted molar refractivity (Wildman–Crippen MR) is 109 cm³/mol. The number of carbonyl (C=O) groups excluding carboxylic acids is 1. The number of phenols is 1. The van der Waals surface area contributed by atoms with Crippen molar-refractivity contribution in [3.63, 3.8) is 0 Å². The number of aryl methyl sites for hydroxylation is 1. The number of Topliss-reactive ketones (excluding diaryl/α,β-unsaturated/α-hetero) is 1. The van der Waals surface area contributed by atoms with Gasteiger partial charge in [0, 0.05) is 19.0 Å². The fraction of sp³-hybridized carbons (Fsp3) is 0.364. The fourth-order valence-electron chi connectivity index (χ4n) is 3.56. The van der Waals surface area contributed by atoms with Gasteiger partial charge >= 0.3 is 6.18 Å². The van der Waals surface area contributed by atoms with Crippen molar-refractivity contribution in [1.82, 2.24) is 4.98 Å². The number of rotatable bonds is 6. The quantitative estimate of drug-likeness (QED) is 0.559. The topological polar surface area (TPSA) is 70.4 Å². The Morgan fingerprint density at radius 3 is 2.53 bits per heavy atom. The molecule has 0 amide bonds. The van der Waals surface area contributed by atoms with Gasteiger partial charge in [-0.15, -0.1) is 11.8 Å². The molecule has 160 valence electrons. The number of pyridine rings is 1. The van der Waals surface area contributed by atoms with E-state index in [1.54, 1.807) is 12.1 Å². The largest absolute Gasteiger partial charge is 0.512 e. The maximum Gasteiger partial charge on any atom is 0.417 e. The number of halogens is 3. The number of hydrogen-bond donors (Lipinski definition) is 2. The van der Waals surface area contributed by atoms with Gasteiger partial charge in [-0.05, 0) is 59.9 Å². The number of hydrogen-bond acceptors (Lipinski definition) is 5. The third kappa shape index (κ3) is 5.16. The molecule has 1 atom stereocenters. The van der Waals surface area contributed by atoms with E-state index < -0.39 is 11.7 Å². The Balaban J connectivity index is 1.62. The Labute approximate surface area is 176 Å². The van der Waals surface area contributed by atoms with E-state index >= 15 is 0 Å². The molecule has 0 aliphatic heterocycles. The van der Waals surface area contributed by atoms with Crippen LogP contribution < -0.4 is 0 Å². The molecule has 2 aromatic rings. The molecule has 0 bridgehead atoms. The molecule has 2 N–H and O–H groups in total. The van der Waals surface area contributed by atoms with E-state index in [1.807, 2.05) is 6.92 Å². The Morgan fingerprint density at radius 1 is 1.17 bits per heavy atom. The van der Waals surface area contributed by atoms with Crippen molar-refractivity contribution in [2.75, 3.05) is 5.75 Å². The third-order valence-electron chi connectivity index (χ3n) is 5.10. The Hall–Kier alpha value is -2.48. The Kier molecular flexibility index (Phi) is 6.75. The van der Waals surface area contributed by atoms with Crippen LogP contribution in [0.5, 0.6) is 5.75 Å². The van der Waals surface area contributed by atoms with E-state index in [0.717, 1.165) is 17.8 Å². The van der Waals surface area contributed by atoms with Crippen LogP contribution in [0, 0.1) is 5.92 Å². The van der Waals surface area contributed by atoms with E-state index in [0.29, 0.717) is 47.6 Å². The van der Waals surface area contributed by atoms with E-state index in [4.69, 9.17) is 0 Å². The highest BCUT2D eigenvalue weighted by atomic mass is 32.2. The maximum absolute atomic E-state index is 12.7. The summed E-state index contributed by atoms with van der Waals surface area (Å²) < 4.78 is 37.8. The van der Waals surface area contributed by atoms with Crippen LogP contribution in [0.4, 0.5) is 13.2 Å². The van der Waals surface area contributed by atoms with E-state index in [1.165, 1.54) is 23.9 Å². The summed E-state index contributed by atoms with van der Waals surface area (Å²) in [5.74, 6) is 0.574. The van der Waals surface area contributed by atoms with E-state index in [9.17, 15) is 28.2 Å².